The monoisotopic (exact) mass is 237 g/mol. The van der Waals surface area contributed by atoms with Gasteiger partial charge in [-0.3, -0.25) is 0 Å². The number of methoxy groups -OCH3 is 2. The van der Waals surface area contributed by atoms with Crippen molar-refractivity contribution < 1.29 is 9.47 Å². The summed E-state index contributed by atoms with van der Waals surface area (Å²) in [7, 11) is 3.34. The van der Waals surface area contributed by atoms with Gasteiger partial charge < -0.3 is 14.8 Å². The number of ether oxygens (including phenoxy) is 2. The fourth-order valence-electron chi connectivity index (χ4n) is 1.86. The first-order valence-corrected chi connectivity index (χ1v) is 6.01. The maximum Gasteiger partial charge on any atom is 0.105 e. The zero-order valence-corrected chi connectivity index (χ0v) is 11.1. The van der Waals surface area contributed by atoms with Gasteiger partial charge in [0, 0.05) is 26.5 Å². The summed E-state index contributed by atoms with van der Waals surface area (Å²) in [6, 6.07) is 0. The predicted octanol–water partition coefficient (Wildman–Crippen LogP) is 2.42. The Hall–Kier alpha value is -1.06. The summed E-state index contributed by atoms with van der Waals surface area (Å²) >= 11 is 0. The molecule has 0 saturated heterocycles. The van der Waals surface area contributed by atoms with E-state index in [0.29, 0.717) is 6.61 Å². The first-order valence-electron chi connectivity index (χ1n) is 6.01. The summed E-state index contributed by atoms with van der Waals surface area (Å²) in [5.74, 6) is 0. The number of hydrogen-bond acceptors (Lipinski definition) is 3. The molecule has 17 heavy (non-hydrogen) atoms. The van der Waals surface area contributed by atoms with Gasteiger partial charge in [0.2, 0.25) is 0 Å². The van der Waals surface area contributed by atoms with Gasteiger partial charge in [-0.15, -0.1) is 0 Å². The van der Waals surface area contributed by atoms with Crippen LogP contribution in [0.4, 0.5) is 0 Å². The van der Waals surface area contributed by atoms with Crippen LogP contribution < -0.4 is 5.32 Å². The third-order valence-electron chi connectivity index (χ3n) is 3.01. The van der Waals surface area contributed by atoms with Crippen molar-refractivity contribution in [3.05, 3.63) is 35.6 Å². The zero-order chi connectivity index (χ0) is 12.7. The van der Waals surface area contributed by atoms with Crippen LogP contribution in [0.2, 0.25) is 0 Å². The lowest BCUT2D eigenvalue weighted by Gasteiger charge is -2.18. The Labute approximate surface area is 104 Å². The van der Waals surface area contributed by atoms with E-state index in [-0.39, 0.29) is 6.10 Å². The summed E-state index contributed by atoms with van der Waals surface area (Å²) in [5, 5.41) is 3.37. The molecule has 0 saturated carbocycles. The minimum atomic E-state index is -0.0614. The topological polar surface area (TPSA) is 30.5 Å². The molecule has 0 amide bonds. The van der Waals surface area contributed by atoms with Gasteiger partial charge >= 0.3 is 0 Å². The molecule has 0 spiro atoms. The molecule has 0 bridgehead atoms. The molecule has 1 heterocycles. The number of rotatable bonds is 6. The van der Waals surface area contributed by atoms with Crippen molar-refractivity contribution in [3.8, 4) is 0 Å². The van der Waals surface area contributed by atoms with Crippen LogP contribution in [0.25, 0.3) is 0 Å². The summed E-state index contributed by atoms with van der Waals surface area (Å²) in [4.78, 5) is 0. The van der Waals surface area contributed by atoms with E-state index in [0.717, 1.165) is 18.5 Å². The molecule has 1 N–H and O–H groups in total. The van der Waals surface area contributed by atoms with Crippen molar-refractivity contribution in [2.75, 3.05) is 27.4 Å². The molecule has 1 aliphatic rings. The van der Waals surface area contributed by atoms with Gasteiger partial charge in [0.1, 0.15) is 6.10 Å². The molecule has 0 aliphatic carbocycles. The molecule has 1 aliphatic heterocycles. The molecule has 0 radical (unpaired) electrons. The minimum Gasteiger partial charge on any atom is -0.388 e. The molecule has 3 nitrogen and oxygen atoms in total. The first kappa shape index (κ1) is 14.0. The van der Waals surface area contributed by atoms with Crippen LogP contribution in [0, 0.1) is 0 Å². The Balaban J connectivity index is 2.60. The number of nitrogens with one attached hydrogen (secondary N) is 1. The van der Waals surface area contributed by atoms with Gasteiger partial charge in [0.05, 0.1) is 6.61 Å². The molecule has 0 aromatic heterocycles. The SMILES string of the molecule is C=C(/C=C\C1=C(C)NCCC1)C(COC)OC. The van der Waals surface area contributed by atoms with E-state index in [4.69, 9.17) is 9.47 Å². The third kappa shape index (κ3) is 4.36. The van der Waals surface area contributed by atoms with Crippen LogP contribution in [0.15, 0.2) is 35.6 Å². The van der Waals surface area contributed by atoms with Gasteiger partial charge in [0.15, 0.2) is 0 Å². The minimum absolute atomic E-state index is 0.0614. The molecule has 1 rings (SSSR count). The van der Waals surface area contributed by atoms with Crippen LogP contribution in [0.5, 0.6) is 0 Å². The smallest absolute Gasteiger partial charge is 0.105 e. The standard InChI is InChI=1S/C14H23NO2/c1-11(14(17-4)10-16-3)7-8-13-6-5-9-15-12(13)2/h7-8,14-15H,1,5-6,9-10H2,2-4H3/b8-7-. The maximum absolute atomic E-state index is 5.31. The molecular formula is C14H23NO2. The molecule has 0 aromatic rings. The van der Waals surface area contributed by atoms with Crippen LogP contribution in [0.3, 0.4) is 0 Å². The van der Waals surface area contributed by atoms with Crippen LogP contribution in [0.1, 0.15) is 19.8 Å². The van der Waals surface area contributed by atoms with Crippen molar-refractivity contribution >= 4 is 0 Å². The number of allylic oxidation sites excluding steroid dienone is 3. The average molecular weight is 237 g/mol. The van der Waals surface area contributed by atoms with Gasteiger partial charge in [0.25, 0.3) is 0 Å². The predicted molar refractivity (Wildman–Crippen MR) is 70.9 cm³/mol. The van der Waals surface area contributed by atoms with Crippen molar-refractivity contribution in [2.24, 2.45) is 0 Å². The second-order valence-corrected chi connectivity index (χ2v) is 4.27. The van der Waals surface area contributed by atoms with Crippen LogP contribution >= 0.6 is 0 Å². The van der Waals surface area contributed by atoms with E-state index in [1.165, 1.54) is 17.7 Å². The Kier molecular flexibility index (Phi) is 6.01. The van der Waals surface area contributed by atoms with Crippen LogP contribution in [-0.2, 0) is 9.47 Å². The van der Waals surface area contributed by atoms with Crippen molar-refractivity contribution in [3.63, 3.8) is 0 Å². The summed E-state index contributed by atoms with van der Waals surface area (Å²) < 4.78 is 10.4. The van der Waals surface area contributed by atoms with E-state index >= 15 is 0 Å². The molecule has 3 heteroatoms. The van der Waals surface area contributed by atoms with Gasteiger partial charge in [-0.2, -0.15) is 0 Å². The highest BCUT2D eigenvalue weighted by Gasteiger charge is 2.10. The van der Waals surface area contributed by atoms with Gasteiger partial charge in [-0.25, -0.2) is 0 Å². The van der Waals surface area contributed by atoms with Crippen molar-refractivity contribution in [1.29, 1.82) is 0 Å². The lowest BCUT2D eigenvalue weighted by atomic mass is 10.0. The zero-order valence-electron chi connectivity index (χ0n) is 11.1. The second kappa shape index (κ2) is 7.30. The fraction of sp³-hybridized carbons (Fsp3) is 0.571. The second-order valence-electron chi connectivity index (χ2n) is 4.27. The lowest BCUT2D eigenvalue weighted by molar-refractivity contribution is 0.0526. The molecular weight excluding hydrogens is 214 g/mol. The third-order valence-corrected chi connectivity index (χ3v) is 3.01. The summed E-state index contributed by atoms with van der Waals surface area (Å²) in [5.41, 5.74) is 3.56. The van der Waals surface area contributed by atoms with Crippen molar-refractivity contribution in [1.82, 2.24) is 5.32 Å². The Morgan fingerprint density at radius 3 is 2.88 bits per heavy atom. The van der Waals surface area contributed by atoms with E-state index in [1.807, 2.05) is 6.08 Å². The quantitative estimate of drug-likeness (QED) is 0.720. The molecule has 96 valence electrons. The maximum atomic E-state index is 5.31. The number of hydrogen-bond donors (Lipinski definition) is 1. The summed E-state index contributed by atoms with van der Waals surface area (Å²) in [6.07, 6.45) is 6.42. The largest absolute Gasteiger partial charge is 0.388 e. The molecule has 1 atom stereocenters. The average Bonchev–Trinajstić information content (AvgIpc) is 2.34. The highest BCUT2D eigenvalue weighted by atomic mass is 16.5. The Morgan fingerprint density at radius 2 is 2.29 bits per heavy atom. The van der Waals surface area contributed by atoms with Gasteiger partial charge in [-0.05, 0) is 30.9 Å². The van der Waals surface area contributed by atoms with Crippen LogP contribution in [-0.4, -0.2) is 33.5 Å². The van der Waals surface area contributed by atoms with E-state index in [2.05, 4.69) is 24.9 Å². The van der Waals surface area contributed by atoms with E-state index < -0.39 is 0 Å². The van der Waals surface area contributed by atoms with E-state index in [9.17, 15) is 0 Å². The lowest BCUT2D eigenvalue weighted by Crippen LogP contribution is -2.20. The summed E-state index contributed by atoms with van der Waals surface area (Å²) in [6.45, 7) is 7.75. The van der Waals surface area contributed by atoms with Gasteiger partial charge in [-0.1, -0.05) is 18.7 Å². The molecule has 0 fully saturated rings. The van der Waals surface area contributed by atoms with E-state index in [1.54, 1.807) is 14.2 Å². The fourth-order valence-corrected chi connectivity index (χ4v) is 1.86. The highest BCUT2D eigenvalue weighted by Crippen LogP contribution is 2.17. The Morgan fingerprint density at radius 1 is 1.53 bits per heavy atom. The normalized spacial score (nSPS) is 18.3. The highest BCUT2D eigenvalue weighted by molar-refractivity contribution is 5.31. The molecule has 0 aromatic carbocycles. The van der Waals surface area contributed by atoms with Crippen molar-refractivity contribution in [2.45, 2.75) is 25.9 Å². The molecule has 1 unspecified atom stereocenters. The first-order chi connectivity index (χ1) is 8.19. The Bertz CT molecular complexity index is 318.